The lowest BCUT2D eigenvalue weighted by atomic mass is 10.1. The van der Waals surface area contributed by atoms with Crippen molar-refractivity contribution >= 4 is 22.4 Å². The first kappa shape index (κ1) is 14.1. The Morgan fingerprint density at radius 3 is 2.86 bits per heavy atom. The quantitative estimate of drug-likeness (QED) is 0.937. The van der Waals surface area contributed by atoms with Gasteiger partial charge < -0.3 is 5.32 Å². The summed E-state index contributed by atoms with van der Waals surface area (Å²) in [6.45, 7) is 2.04. The number of aromatic nitrogens is 1. The highest BCUT2D eigenvalue weighted by molar-refractivity contribution is 7.15. The molecule has 2 aromatic rings. The third-order valence-corrected chi connectivity index (χ3v) is 4.51. The van der Waals surface area contributed by atoms with E-state index in [4.69, 9.17) is 0 Å². The smallest absolute Gasteiger partial charge is 0.229 e. The van der Waals surface area contributed by atoms with E-state index in [-0.39, 0.29) is 11.8 Å². The van der Waals surface area contributed by atoms with Gasteiger partial charge in [0.25, 0.3) is 0 Å². The summed E-state index contributed by atoms with van der Waals surface area (Å²) in [5.41, 5.74) is 0.672. The van der Waals surface area contributed by atoms with Crippen LogP contribution in [0.2, 0.25) is 0 Å². The van der Waals surface area contributed by atoms with Gasteiger partial charge in [0.05, 0.1) is 0 Å². The highest BCUT2D eigenvalue weighted by Gasteiger charge is 2.39. The Labute approximate surface area is 125 Å². The Morgan fingerprint density at radius 1 is 1.43 bits per heavy atom. The summed E-state index contributed by atoms with van der Waals surface area (Å²) in [6, 6.07) is 3.84. The van der Waals surface area contributed by atoms with Crippen LogP contribution in [0.15, 0.2) is 24.4 Å². The summed E-state index contributed by atoms with van der Waals surface area (Å²) in [6.07, 6.45) is 3.04. The van der Waals surface area contributed by atoms with E-state index >= 15 is 0 Å². The molecule has 1 heterocycles. The number of halogens is 2. The van der Waals surface area contributed by atoms with E-state index in [1.807, 2.05) is 6.92 Å². The molecule has 1 aliphatic rings. The number of hydrogen-bond donors (Lipinski definition) is 1. The average molecular weight is 308 g/mol. The van der Waals surface area contributed by atoms with Crippen molar-refractivity contribution in [3.05, 3.63) is 46.5 Å². The Bertz CT molecular complexity index is 686. The zero-order valence-corrected chi connectivity index (χ0v) is 12.2. The van der Waals surface area contributed by atoms with Crippen molar-refractivity contribution in [2.45, 2.75) is 19.8 Å². The number of hydrogen-bond acceptors (Lipinski definition) is 3. The fourth-order valence-electron chi connectivity index (χ4n) is 2.18. The van der Waals surface area contributed by atoms with Crippen LogP contribution in [0.25, 0.3) is 0 Å². The molecule has 0 aliphatic heterocycles. The SMILES string of the molecule is CC1CC1C(=O)Nc1ncc(Cc2ccc(F)c(F)c2)s1. The molecular formula is C15H14F2N2OS. The van der Waals surface area contributed by atoms with Crippen molar-refractivity contribution in [1.82, 2.24) is 4.98 Å². The molecule has 0 bridgehead atoms. The van der Waals surface area contributed by atoms with E-state index in [9.17, 15) is 13.6 Å². The molecule has 1 fully saturated rings. The number of carbonyl (C=O) groups excluding carboxylic acids is 1. The predicted octanol–water partition coefficient (Wildman–Crippen LogP) is 3.61. The highest BCUT2D eigenvalue weighted by Crippen LogP contribution is 2.38. The second kappa shape index (κ2) is 5.52. The third-order valence-electron chi connectivity index (χ3n) is 3.59. The van der Waals surface area contributed by atoms with Crippen molar-refractivity contribution < 1.29 is 13.6 Å². The molecule has 1 aliphatic carbocycles. The molecule has 21 heavy (non-hydrogen) atoms. The normalized spacial score (nSPS) is 20.3. The van der Waals surface area contributed by atoms with Crippen LogP contribution in [-0.2, 0) is 11.2 Å². The van der Waals surface area contributed by atoms with E-state index in [1.165, 1.54) is 17.4 Å². The number of amides is 1. The number of benzene rings is 1. The van der Waals surface area contributed by atoms with Gasteiger partial charge >= 0.3 is 0 Å². The maximum Gasteiger partial charge on any atom is 0.229 e. The topological polar surface area (TPSA) is 42.0 Å². The van der Waals surface area contributed by atoms with Crippen LogP contribution in [0.3, 0.4) is 0 Å². The van der Waals surface area contributed by atoms with Crippen LogP contribution in [0.5, 0.6) is 0 Å². The maximum absolute atomic E-state index is 13.1. The summed E-state index contributed by atoms with van der Waals surface area (Å²) in [7, 11) is 0. The van der Waals surface area contributed by atoms with Gasteiger partial charge in [0.1, 0.15) is 0 Å². The predicted molar refractivity (Wildman–Crippen MR) is 77.2 cm³/mol. The molecule has 0 spiro atoms. The zero-order valence-electron chi connectivity index (χ0n) is 11.4. The van der Waals surface area contributed by atoms with Crippen molar-refractivity contribution in [1.29, 1.82) is 0 Å². The molecule has 2 atom stereocenters. The molecule has 1 aromatic heterocycles. The Hall–Kier alpha value is -1.82. The molecular weight excluding hydrogens is 294 g/mol. The summed E-state index contributed by atoms with van der Waals surface area (Å²) < 4.78 is 26.0. The van der Waals surface area contributed by atoms with Crippen LogP contribution in [0, 0.1) is 23.5 Å². The van der Waals surface area contributed by atoms with Crippen LogP contribution >= 0.6 is 11.3 Å². The molecule has 0 radical (unpaired) electrons. The van der Waals surface area contributed by atoms with E-state index < -0.39 is 11.6 Å². The van der Waals surface area contributed by atoms with Crippen LogP contribution < -0.4 is 5.32 Å². The van der Waals surface area contributed by atoms with E-state index in [2.05, 4.69) is 10.3 Å². The molecule has 1 N–H and O–H groups in total. The van der Waals surface area contributed by atoms with Crippen LogP contribution in [0.4, 0.5) is 13.9 Å². The van der Waals surface area contributed by atoms with E-state index in [0.29, 0.717) is 23.0 Å². The highest BCUT2D eigenvalue weighted by atomic mass is 32.1. The fourth-order valence-corrected chi connectivity index (χ4v) is 3.03. The van der Waals surface area contributed by atoms with Crippen LogP contribution in [-0.4, -0.2) is 10.9 Å². The van der Waals surface area contributed by atoms with Gasteiger partial charge in [0.15, 0.2) is 16.8 Å². The molecule has 3 nitrogen and oxygen atoms in total. The minimum Gasteiger partial charge on any atom is -0.302 e. The monoisotopic (exact) mass is 308 g/mol. The Balaban J connectivity index is 1.64. The Kier molecular flexibility index (Phi) is 3.71. The van der Waals surface area contributed by atoms with E-state index in [0.717, 1.165) is 17.4 Å². The first-order valence-corrected chi connectivity index (χ1v) is 7.54. The van der Waals surface area contributed by atoms with Gasteiger partial charge in [-0.05, 0) is 30.0 Å². The lowest BCUT2D eigenvalue weighted by Gasteiger charge is -2.00. The minimum atomic E-state index is -0.853. The van der Waals surface area contributed by atoms with Gasteiger partial charge in [-0.15, -0.1) is 11.3 Å². The van der Waals surface area contributed by atoms with E-state index in [1.54, 1.807) is 12.3 Å². The fraction of sp³-hybridized carbons (Fsp3) is 0.333. The van der Waals surface area contributed by atoms with Gasteiger partial charge in [-0.2, -0.15) is 0 Å². The third kappa shape index (κ3) is 3.26. The van der Waals surface area contributed by atoms with Gasteiger partial charge in [-0.3, -0.25) is 4.79 Å². The minimum absolute atomic E-state index is 0.0104. The second-order valence-electron chi connectivity index (χ2n) is 5.37. The van der Waals surface area contributed by atoms with Gasteiger partial charge in [-0.25, -0.2) is 13.8 Å². The van der Waals surface area contributed by atoms with Gasteiger partial charge in [0, 0.05) is 23.4 Å². The largest absolute Gasteiger partial charge is 0.302 e. The number of thiazole rings is 1. The number of nitrogens with one attached hydrogen (secondary N) is 1. The van der Waals surface area contributed by atoms with Crippen molar-refractivity contribution in [2.24, 2.45) is 11.8 Å². The maximum atomic E-state index is 13.1. The number of rotatable bonds is 4. The molecule has 0 saturated heterocycles. The first-order valence-electron chi connectivity index (χ1n) is 6.72. The van der Waals surface area contributed by atoms with Crippen molar-refractivity contribution in [2.75, 3.05) is 5.32 Å². The summed E-state index contributed by atoms with van der Waals surface area (Å²) in [5, 5.41) is 3.35. The summed E-state index contributed by atoms with van der Waals surface area (Å²) in [4.78, 5) is 16.8. The molecule has 1 saturated carbocycles. The number of carbonyl (C=O) groups is 1. The second-order valence-corrected chi connectivity index (χ2v) is 6.48. The lowest BCUT2D eigenvalue weighted by molar-refractivity contribution is -0.117. The first-order chi connectivity index (χ1) is 10.0. The number of anilines is 1. The molecule has 110 valence electrons. The Morgan fingerprint density at radius 2 is 2.19 bits per heavy atom. The van der Waals surface area contributed by atoms with Gasteiger partial charge in [-0.1, -0.05) is 13.0 Å². The number of nitrogens with zero attached hydrogens (tertiary/aromatic N) is 1. The zero-order chi connectivity index (χ0) is 15.0. The summed E-state index contributed by atoms with van der Waals surface area (Å²) >= 11 is 1.35. The molecule has 1 aromatic carbocycles. The summed E-state index contributed by atoms with van der Waals surface area (Å²) in [5.74, 6) is -1.14. The van der Waals surface area contributed by atoms with Gasteiger partial charge in [0.2, 0.25) is 5.91 Å². The van der Waals surface area contributed by atoms with Crippen molar-refractivity contribution in [3.8, 4) is 0 Å². The van der Waals surface area contributed by atoms with Crippen LogP contribution in [0.1, 0.15) is 23.8 Å². The lowest BCUT2D eigenvalue weighted by Crippen LogP contribution is -2.13. The molecule has 3 rings (SSSR count). The average Bonchev–Trinajstić information content (AvgIpc) is 3.01. The molecule has 6 heteroatoms. The van der Waals surface area contributed by atoms with Crippen molar-refractivity contribution in [3.63, 3.8) is 0 Å². The molecule has 2 unspecified atom stereocenters. The standard InChI is InChI=1S/C15H14F2N2OS/c1-8-4-11(8)14(20)19-15-18-7-10(21-15)5-9-2-3-12(16)13(17)6-9/h2-3,6-8,11H,4-5H2,1H3,(H,18,19,20). The molecule has 1 amide bonds.